The minimum absolute atomic E-state index is 0.134. The quantitative estimate of drug-likeness (QED) is 0.775. The third-order valence-electron chi connectivity index (χ3n) is 3.40. The number of rotatable bonds is 1. The van der Waals surface area contributed by atoms with E-state index in [0.717, 1.165) is 38.5 Å². The second-order valence-corrected chi connectivity index (χ2v) is 4.68. The SMILES string of the molecule is Nc1cccc(N2CCOC3(CCOC3)C2)n1. The van der Waals surface area contributed by atoms with E-state index in [9.17, 15) is 0 Å². The maximum Gasteiger partial charge on any atom is 0.131 e. The highest BCUT2D eigenvalue weighted by molar-refractivity contribution is 5.45. The van der Waals surface area contributed by atoms with Crippen molar-refractivity contribution in [2.24, 2.45) is 0 Å². The molecule has 2 aliphatic rings. The number of nitrogen functional groups attached to an aromatic ring is 1. The number of anilines is 2. The lowest BCUT2D eigenvalue weighted by atomic mass is 10.0. The molecule has 0 aromatic carbocycles. The van der Waals surface area contributed by atoms with E-state index in [0.29, 0.717) is 12.4 Å². The molecular formula is C12H17N3O2. The zero-order valence-electron chi connectivity index (χ0n) is 9.76. The molecule has 5 nitrogen and oxygen atoms in total. The summed E-state index contributed by atoms with van der Waals surface area (Å²) >= 11 is 0. The van der Waals surface area contributed by atoms with Gasteiger partial charge in [-0.25, -0.2) is 4.98 Å². The van der Waals surface area contributed by atoms with Crippen LogP contribution in [0.3, 0.4) is 0 Å². The molecule has 0 saturated carbocycles. The predicted octanol–water partition coefficient (Wildman–Crippen LogP) is 0.659. The number of ether oxygens (including phenoxy) is 2. The molecule has 1 aromatic heterocycles. The highest BCUT2D eigenvalue weighted by Crippen LogP contribution is 2.29. The van der Waals surface area contributed by atoms with E-state index < -0.39 is 0 Å². The van der Waals surface area contributed by atoms with Crippen LogP contribution < -0.4 is 10.6 Å². The van der Waals surface area contributed by atoms with Crippen LogP contribution in [0.4, 0.5) is 11.6 Å². The van der Waals surface area contributed by atoms with E-state index in [1.807, 2.05) is 12.1 Å². The van der Waals surface area contributed by atoms with Crippen LogP contribution in [0.5, 0.6) is 0 Å². The van der Waals surface area contributed by atoms with Gasteiger partial charge in [0.25, 0.3) is 0 Å². The molecule has 2 N–H and O–H groups in total. The van der Waals surface area contributed by atoms with Gasteiger partial charge in [-0.05, 0) is 12.1 Å². The number of pyridine rings is 1. The number of nitrogens with two attached hydrogens (primary N) is 1. The number of morpholine rings is 1. The Kier molecular flexibility index (Phi) is 2.64. The van der Waals surface area contributed by atoms with Gasteiger partial charge in [0.15, 0.2) is 0 Å². The summed E-state index contributed by atoms with van der Waals surface area (Å²) in [5, 5.41) is 0. The first kappa shape index (κ1) is 10.8. The lowest BCUT2D eigenvalue weighted by Gasteiger charge is -2.40. The molecule has 2 fully saturated rings. The molecule has 0 bridgehead atoms. The van der Waals surface area contributed by atoms with Gasteiger partial charge in [0.1, 0.15) is 17.2 Å². The fraction of sp³-hybridized carbons (Fsp3) is 0.583. The summed E-state index contributed by atoms with van der Waals surface area (Å²) in [6.07, 6.45) is 0.964. The van der Waals surface area contributed by atoms with Gasteiger partial charge in [0.05, 0.1) is 19.8 Å². The Bertz CT molecular complexity index is 404. The second kappa shape index (κ2) is 4.16. The zero-order valence-corrected chi connectivity index (χ0v) is 9.76. The summed E-state index contributed by atoms with van der Waals surface area (Å²) in [6.45, 7) is 3.89. The Hall–Kier alpha value is -1.33. The molecule has 0 aliphatic carbocycles. The molecule has 2 saturated heterocycles. The lowest BCUT2D eigenvalue weighted by Crippen LogP contribution is -2.52. The summed E-state index contributed by atoms with van der Waals surface area (Å²) in [5.41, 5.74) is 5.58. The molecular weight excluding hydrogens is 218 g/mol. The van der Waals surface area contributed by atoms with Gasteiger partial charge in [-0.1, -0.05) is 6.07 Å². The first-order valence-corrected chi connectivity index (χ1v) is 5.97. The highest BCUT2D eigenvalue weighted by atomic mass is 16.6. The van der Waals surface area contributed by atoms with Crippen LogP contribution in [-0.4, -0.2) is 43.5 Å². The Balaban J connectivity index is 1.79. The van der Waals surface area contributed by atoms with Crippen LogP contribution in [0.25, 0.3) is 0 Å². The van der Waals surface area contributed by atoms with Crippen molar-refractivity contribution in [3.8, 4) is 0 Å². The molecule has 0 amide bonds. The molecule has 1 unspecified atom stereocenters. The van der Waals surface area contributed by atoms with Gasteiger partial charge in [-0.3, -0.25) is 0 Å². The minimum Gasteiger partial charge on any atom is -0.384 e. The third-order valence-corrected chi connectivity index (χ3v) is 3.40. The van der Waals surface area contributed by atoms with Gasteiger partial charge in [-0.2, -0.15) is 0 Å². The minimum atomic E-state index is -0.134. The highest BCUT2D eigenvalue weighted by Gasteiger charge is 2.40. The van der Waals surface area contributed by atoms with E-state index in [-0.39, 0.29) is 5.60 Å². The van der Waals surface area contributed by atoms with Crippen molar-refractivity contribution in [2.45, 2.75) is 12.0 Å². The van der Waals surface area contributed by atoms with Gasteiger partial charge in [0.2, 0.25) is 0 Å². The maximum atomic E-state index is 5.88. The van der Waals surface area contributed by atoms with Crippen LogP contribution >= 0.6 is 0 Å². The molecule has 92 valence electrons. The van der Waals surface area contributed by atoms with E-state index in [2.05, 4.69) is 9.88 Å². The fourth-order valence-electron chi connectivity index (χ4n) is 2.48. The summed E-state index contributed by atoms with van der Waals surface area (Å²) in [5.74, 6) is 1.49. The molecule has 0 radical (unpaired) electrons. The molecule has 17 heavy (non-hydrogen) atoms. The molecule has 2 aliphatic heterocycles. The monoisotopic (exact) mass is 235 g/mol. The van der Waals surface area contributed by atoms with Gasteiger partial charge < -0.3 is 20.1 Å². The van der Waals surface area contributed by atoms with E-state index >= 15 is 0 Å². The van der Waals surface area contributed by atoms with E-state index in [4.69, 9.17) is 15.2 Å². The molecule has 1 aromatic rings. The lowest BCUT2D eigenvalue weighted by molar-refractivity contribution is -0.0581. The van der Waals surface area contributed by atoms with Crippen LogP contribution in [-0.2, 0) is 9.47 Å². The summed E-state index contributed by atoms with van der Waals surface area (Å²) in [4.78, 5) is 6.59. The molecule has 5 heteroatoms. The topological polar surface area (TPSA) is 60.6 Å². The smallest absolute Gasteiger partial charge is 0.131 e. The summed E-state index contributed by atoms with van der Waals surface area (Å²) < 4.78 is 11.3. The third kappa shape index (κ3) is 2.08. The van der Waals surface area contributed by atoms with Crippen LogP contribution in [0.1, 0.15) is 6.42 Å². The van der Waals surface area contributed by atoms with Gasteiger partial charge >= 0.3 is 0 Å². The van der Waals surface area contributed by atoms with Crippen molar-refractivity contribution < 1.29 is 9.47 Å². The average Bonchev–Trinajstić information content (AvgIpc) is 2.77. The molecule has 1 spiro atoms. The van der Waals surface area contributed by atoms with Crippen LogP contribution in [0.2, 0.25) is 0 Å². The Morgan fingerprint density at radius 1 is 1.35 bits per heavy atom. The predicted molar refractivity (Wildman–Crippen MR) is 65.0 cm³/mol. The Morgan fingerprint density at radius 2 is 2.29 bits per heavy atom. The summed E-state index contributed by atoms with van der Waals surface area (Å²) in [6, 6.07) is 5.73. The molecule has 3 heterocycles. The fourth-order valence-corrected chi connectivity index (χ4v) is 2.48. The van der Waals surface area contributed by atoms with Crippen molar-refractivity contribution in [1.82, 2.24) is 4.98 Å². The molecule has 3 rings (SSSR count). The van der Waals surface area contributed by atoms with Crippen molar-refractivity contribution >= 4 is 11.6 Å². The maximum absolute atomic E-state index is 5.88. The van der Waals surface area contributed by atoms with Crippen molar-refractivity contribution in [3.63, 3.8) is 0 Å². The molecule has 1 atom stereocenters. The average molecular weight is 235 g/mol. The normalized spacial score (nSPS) is 28.8. The number of aromatic nitrogens is 1. The first-order valence-electron chi connectivity index (χ1n) is 5.97. The van der Waals surface area contributed by atoms with Gasteiger partial charge in [0, 0.05) is 19.6 Å². The van der Waals surface area contributed by atoms with Crippen molar-refractivity contribution in [3.05, 3.63) is 18.2 Å². The van der Waals surface area contributed by atoms with E-state index in [1.165, 1.54) is 0 Å². The van der Waals surface area contributed by atoms with Crippen LogP contribution in [0.15, 0.2) is 18.2 Å². The number of hydrogen-bond donors (Lipinski definition) is 1. The van der Waals surface area contributed by atoms with Gasteiger partial charge in [-0.15, -0.1) is 0 Å². The summed E-state index contributed by atoms with van der Waals surface area (Å²) in [7, 11) is 0. The largest absolute Gasteiger partial charge is 0.384 e. The zero-order chi connectivity index (χ0) is 11.7. The number of hydrogen-bond acceptors (Lipinski definition) is 5. The second-order valence-electron chi connectivity index (χ2n) is 4.68. The first-order chi connectivity index (χ1) is 8.27. The van der Waals surface area contributed by atoms with Crippen molar-refractivity contribution in [2.75, 3.05) is 43.5 Å². The Morgan fingerprint density at radius 3 is 3.06 bits per heavy atom. The number of nitrogens with zero attached hydrogens (tertiary/aromatic N) is 2. The Labute approximate surface area is 101 Å². The van der Waals surface area contributed by atoms with E-state index in [1.54, 1.807) is 6.07 Å². The standard InChI is InChI=1S/C12H17N3O2/c13-10-2-1-3-11(14-10)15-5-7-17-12(8-15)4-6-16-9-12/h1-3H,4-9H2,(H2,13,14). The van der Waals surface area contributed by atoms with Crippen LogP contribution in [0, 0.1) is 0 Å². The van der Waals surface area contributed by atoms with Crippen molar-refractivity contribution in [1.29, 1.82) is 0 Å².